The maximum absolute atomic E-state index is 12.3. The summed E-state index contributed by atoms with van der Waals surface area (Å²) in [6.45, 7) is 58.5. The summed E-state index contributed by atoms with van der Waals surface area (Å²) < 4.78 is 5.95. The summed E-state index contributed by atoms with van der Waals surface area (Å²) in [5.41, 5.74) is 8.78. The fourth-order valence-electron chi connectivity index (χ4n) is 7.91. The van der Waals surface area contributed by atoms with Gasteiger partial charge in [0.2, 0.25) is 5.91 Å². The van der Waals surface area contributed by atoms with Gasteiger partial charge in [0.15, 0.2) is 5.88 Å². The van der Waals surface area contributed by atoms with Crippen LogP contribution in [-0.4, -0.2) is 85.6 Å². The fourth-order valence-corrected chi connectivity index (χ4v) is 7.91. The molecule has 3 rings (SSSR count). The number of hydrogen-bond acceptors (Lipinski definition) is 5. The summed E-state index contributed by atoms with van der Waals surface area (Å²) in [6.07, 6.45) is 6.88. The molecule has 3 amide bonds. The molecule has 0 unspecified atom stereocenters. The number of carbonyl (C=O) groups excluding carboxylic acids is 2. The summed E-state index contributed by atoms with van der Waals surface area (Å²) >= 11 is 0. The Morgan fingerprint density at radius 1 is 0.517 bits per heavy atom. The fraction of sp³-hybridized carbons (Fsp3) is 0.808. The molecular weight excluding hydrogens is 743 g/mol. The van der Waals surface area contributed by atoms with Crippen LogP contribution in [0.2, 0.25) is 0 Å². The number of rotatable bonds is 9. The Bertz CT molecular complexity index is 1430. The molecule has 8 heteroatoms. The van der Waals surface area contributed by atoms with E-state index < -0.39 is 0 Å². The summed E-state index contributed by atoms with van der Waals surface area (Å²) in [4.78, 5) is 31.0. The van der Waals surface area contributed by atoms with E-state index >= 15 is 0 Å². The van der Waals surface area contributed by atoms with Gasteiger partial charge in [0.1, 0.15) is 6.61 Å². The van der Waals surface area contributed by atoms with Crippen molar-refractivity contribution in [3.63, 3.8) is 0 Å². The van der Waals surface area contributed by atoms with Crippen molar-refractivity contribution in [3.8, 4) is 0 Å². The van der Waals surface area contributed by atoms with Crippen LogP contribution >= 0.6 is 0 Å². The second-order valence-corrected chi connectivity index (χ2v) is 23.8. The smallest absolute Gasteiger partial charge is 0.317 e. The highest BCUT2D eigenvalue weighted by Gasteiger charge is 2.35. The largest absolute Gasteiger partial charge is 0.475 e. The zero-order valence-electron chi connectivity index (χ0n) is 43.4. The molecule has 0 saturated carbocycles. The molecular formula is C52H97N5O3. The second-order valence-electron chi connectivity index (χ2n) is 23.8. The maximum atomic E-state index is 12.3. The van der Waals surface area contributed by atoms with Gasteiger partial charge in [-0.3, -0.25) is 9.69 Å². The molecule has 60 heavy (non-hydrogen) atoms. The summed E-state index contributed by atoms with van der Waals surface area (Å²) in [7, 11) is 0. The maximum Gasteiger partial charge on any atom is 0.317 e. The SMILES string of the molecule is C=C1OCC(C(C)(C)C)=C(C(C)(C)C)CN1CCCC.CCCCN1CC(=O)NC(C(C)(C)C)=C(C(C)(C)C)C1.CCCCN1CC(C(C)(C)C)=C(C(C)(C)C)CNC1=O. The monoisotopic (exact) mass is 840 g/mol. The predicted molar refractivity (Wildman–Crippen MR) is 259 cm³/mol. The summed E-state index contributed by atoms with van der Waals surface area (Å²) in [5, 5.41) is 6.27. The number of ether oxygens (including phenoxy) is 1. The molecule has 348 valence electrons. The molecule has 8 nitrogen and oxygen atoms in total. The van der Waals surface area contributed by atoms with Crippen LogP contribution in [0.1, 0.15) is 184 Å². The number of hydrogen-bond donors (Lipinski definition) is 2. The highest BCUT2D eigenvalue weighted by atomic mass is 16.5. The van der Waals surface area contributed by atoms with E-state index in [0.717, 1.165) is 70.1 Å². The molecule has 3 aliphatic heterocycles. The molecule has 0 radical (unpaired) electrons. The van der Waals surface area contributed by atoms with E-state index in [-0.39, 0.29) is 44.4 Å². The highest BCUT2D eigenvalue weighted by molar-refractivity contribution is 5.81. The molecule has 3 aliphatic rings. The Morgan fingerprint density at radius 3 is 1.37 bits per heavy atom. The number of nitrogens with zero attached hydrogens (tertiary/aromatic N) is 3. The predicted octanol–water partition coefficient (Wildman–Crippen LogP) is 12.7. The Morgan fingerprint density at radius 2 is 0.933 bits per heavy atom. The molecule has 0 saturated heterocycles. The van der Waals surface area contributed by atoms with E-state index in [0.29, 0.717) is 19.7 Å². The van der Waals surface area contributed by atoms with Crippen molar-refractivity contribution in [3.05, 3.63) is 46.0 Å². The molecule has 0 bridgehead atoms. The van der Waals surface area contributed by atoms with E-state index in [4.69, 9.17) is 4.74 Å². The lowest BCUT2D eigenvalue weighted by Gasteiger charge is -2.33. The number of amides is 3. The lowest BCUT2D eigenvalue weighted by Crippen LogP contribution is -2.40. The first-order valence-electron chi connectivity index (χ1n) is 23.5. The van der Waals surface area contributed by atoms with Crippen molar-refractivity contribution in [2.75, 3.05) is 59.0 Å². The van der Waals surface area contributed by atoms with Crippen molar-refractivity contribution < 1.29 is 14.3 Å². The zero-order valence-corrected chi connectivity index (χ0v) is 43.4. The molecule has 0 aromatic rings. The lowest BCUT2D eigenvalue weighted by molar-refractivity contribution is -0.121. The van der Waals surface area contributed by atoms with Crippen LogP contribution in [0.15, 0.2) is 46.0 Å². The van der Waals surface area contributed by atoms with Crippen molar-refractivity contribution in [2.24, 2.45) is 32.5 Å². The van der Waals surface area contributed by atoms with Crippen LogP contribution < -0.4 is 10.6 Å². The quantitative estimate of drug-likeness (QED) is 0.226. The van der Waals surface area contributed by atoms with E-state index in [1.54, 1.807) is 0 Å². The third kappa shape index (κ3) is 17.9. The van der Waals surface area contributed by atoms with Gasteiger partial charge in [0.05, 0.1) is 6.54 Å². The Balaban J connectivity index is 0.000000450. The van der Waals surface area contributed by atoms with E-state index in [1.807, 2.05) is 4.90 Å². The van der Waals surface area contributed by atoms with Crippen molar-refractivity contribution in [1.29, 1.82) is 0 Å². The van der Waals surface area contributed by atoms with Crippen LogP contribution in [0.5, 0.6) is 0 Å². The normalized spacial score (nSPS) is 18.4. The highest BCUT2D eigenvalue weighted by Crippen LogP contribution is 2.41. The van der Waals surface area contributed by atoms with Crippen LogP contribution in [0, 0.1) is 32.5 Å². The topological polar surface area (TPSA) is 77.2 Å². The minimum Gasteiger partial charge on any atom is -0.475 e. The number of unbranched alkanes of at least 4 members (excludes halogenated alkanes) is 3. The van der Waals surface area contributed by atoms with Gasteiger partial charge >= 0.3 is 6.03 Å². The van der Waals surface area contributed by atoms with Gasteiger partial charge in [-0.15, -0.1) is 0 Å². The first-order chi connectivity index (χ1) is 27.2. The Kier molecular flexibility index (Phi) is 20.8. The van der Waals surface area contributed by atoms with Crippen molar-refractivity contribution in [1.82, 2.24) is 25.3 Å². The average Bonchev–Trinajstić information content (AvgIpc) is 3.46. The summed E-state index contributed by atoms with van der Waals surface area (Å²) in [5.74, 6) is 0.963. The first kappa shape index (κ1) is 55.3. The van der Waals surface area contributed by atoms with Crippen molar-refractivity contribution >= 4 is 11.9 Å². The molecule has 0 atom stereocenters. The molecule has 3 heterocycles. The average molecular weight is 840 g/mol. The summed E-state index contributed by atoms with van der Waals surface area (Å²) in [6, 6.07) is 0.0828. The Hall–Kier alpha value is -2.74. The standard InChI is InChI=1S/C18H33NO.2C17H32N2O/c1-9-10-11-19-12-15(17(3,4)5)16(18(6,7)8)13-20-14(19)2;1-8-9-10-19-11-13(16(2,3)4)15(17(5,6)7)18-14(20)12-19;1-8-9-10-19-12-14(17(5,6)7)13(16(2,3)4)11-18-15(19)20/h2,9-13H2,1,3-8H3;2*8-12H2,1-7H3,(H,18,20). The molecule has 0 fully saturated rings. The number of urea groups is 1. The minimum absolute atomic E-state index is 0.0287. The van der Waals surface area contributed by atoms with Gasteiger partial charge in [0, 0.05) is 50.4 Å². The minimum atomic E-state index is -0.0287. The van der Waals surface area contributed by atoms with Crippen LogP contribution in [-0.2, 0) is 9.53 Å². The Labute approximate surface area is 371 Å². The van der Waals surface area contributed by atoms with Crippen LogP contribution in [0.4, 0.5) is 4.79 Å². The van der Waals surface area contributed by atoms with Gasteiger partial charge in [-0.25, -0.2) is 4.79 Å². The van der Waals surface area contributed by atoms with Crippen LogP contribution in [0.25, 0.3) is 0 Å². The molecule has 0 aromatic heterocycles. The molecule has 0 aromatic carbocycles. The number of carbonyl (C=O) groups is 2. The van der Waals surface area contributed by atoms with Gasteiger partial charge in [-0.1, -0.05) is 165 Å². The number of allylic oxidation sites excluding steroid dienone is 1. The van der Waals surface area contributed by atoms with Gasteiger partial charge in [0.25, 0.3) is 0 Å². The number of nitrogens with one attached hydrogen (secondary N) is 2. The van der Waals surface area contributed by atoms with Gasteiger partial charge in [-0.05, 0) is 87.3 Å². The van der Waals surface area contributed by atoms with Gasteiger partial charge < -0.3 is 25.2 Å². The third-order valence-corrected chi connectivity index (χ3v) is 11.8. The molecule has 0 aliphatic carbocycles. The van der Waals surface area contributed by atoms with Crippen LogP contribution in [0.3, 0.4) is 0 Å². The first-order valence-corrected chi connectivity index (χ1v) is 23.5. The van der Waals surface area contributed by atoms with E-state index in [2.05, 4.69) is 172 Å². The second kappa shape index (κ2) is 22.6. The van der Waals surface area contributed by atoms with Gasteiger partial charge in [-0.2, -0.15) is 0 Å². The molecule has 0 spiro atoms. The zero-order chi connectivity index (χ0) is 46.7. The van der Waals surface area contributed by atoms with Crippen molar-refractivity contribution in [2.45, 2.75) is 184 Å². The lowest BCUT2D eigenvalue weighted by atomic mass is 9.75. The molecule has 2 N–H and O–H groups in total. The third-order valence-electron chi connectivity index (χ3n) is 11.8. The van der Waals surface area contributed by atoms with E-state index in [1.165, 1.54) is 47.1 Å². The van der Waals surface area contributed by atoms with E-state index in [9.17, 15) is 9.59 Å².